The zero-order valence-electron chi connectivity index (χ0n) is 11.6. The molecule has 1 N–H and O–H groups in total. The maximum atomic E-state index is 12.7. The summed E-state index contributed by atoms with van der Waals surface area (Å²) in [5, 5.41) is 9.99. The van der Waals surface area contributed by atoms with Gasteiger partial charge in [-0.15, -0.1) is 0 Å². The van der Waals surface area contributed by atoms with E-state index in [0.717, 1.165) is 0 Å². The molecular formula is C11H27NO2PS+. The van der Waals surface area contributed by atoms with E-state index in [1.807, 2.05) is 48.8 Å². The molecule has 0 aromatic heterocycles. The van der Waals surface area contributed by atoms with Gasteiger partial charge in [0.1, 0.15) is 12.9 Å². The molecule has 0 aromatic rings. The van der Waals surface area contributed by atoms with Crippen LogP contribution in [0, 0.1) is 0 Å². The monoisotopic (exact) mass is 268 g/mol. The van der Waals surface area contributed by atoms with Crippen LogP contribution in [0.1, 0.15) is 27.7 Å². The van der Waals surface area contributed by atoms with Gasteiger partial charge in [0.15, 0.2) is 5.44 Å². The summed E-state index contributed by atoms with van der Waals surface area (Å²) in [5.41, 5.74) is -0.296. The molecule has 0 aliphatic rings. The minimum absolute atomic E-state index is 0.125. The number of nitrogens with zero attached hydrogens (tertiary/aromatic N) is 1. The molecule has 0 bridgehead atoms. The van der Waals surface area contributed by atoms with Crippen molar-refractivity contribution in [3.63, 3.8) is 0 Å². The van der Waals surface area contributed by atoms with Crippen LogP contribution < -0.4 is 0 Å². The van der Waals surface area contributed by atoms with Crippen LogP contribution in [-0.4, -0.2) is 54.0 Å². The summed E-state index contributed by atoms with van der Waals surface area (Å²) in [4.78, 5) is 0. The molecule has 1 unspecified atom stereocenters. The van der Waals surface area contributed by atoms with Gasteiger partial charge in [-0.05, 0) is 0 Å². The molecule has 0 rings (SSSR count). The van der Waals surface area contributed by atoms with Gasteiger partial charge < -0.3 is 14.2 Å². The molecule has 0 saturated carbocycles. The minimum Gasteiger partial charge on any atom is -0.376 e. The third-order valence-corrected chi connectivity index (χ3v) is 10.3. The lowest BCUT2D eigenvalue weighted by Crippen LogP contribution is -2.40. The highest BCUT2D eigenvalue weighted by atomic mass is 32.7. The number of likely N-dealkylation sites (N-methyl/N-ethyl adjacent to an activating group) is 1. The Morgan fingerprint density at radius 1 is 1.12 bits per heavy atom. The molecule has 1 atom stereocenters. The lowest BCUT2D eigenvalue weighted by Gasteiger charge is -2.31. The van der Waals surface area contributed by atoms with E-state index in [1.165, 1.54) is 11.4 Å². The number of hydrogen-bond acceptors (Lipinski definition) is 3. The summed E-state index contributed by atoms with van der Waals surface area (Å²) < 4.78 is 13.4. The summed E-state index contributed by atoms with van der Waals surface area (Å²) in [6, 6.07) is 0. The van der Waals surface area contributed by atoms with E-state index >= 15 is 0 Å². The Labute approximate surface area is 104 Å². The van der Waals surface area contributed by atoms with E-state index in [4.69, 9.17) is 0 Å². The number of hydrogen-bond donors (Lipinski definition) is 1. The van der Waals surface area contributed by atoms with Crippen molar-refractivity contribution in [3.05, 3.63) is 0 Å². The fraction of sp³-hybridized carbons (Fsp3) is 1.00. The Morgan fingerprint density at radius 2 is 1.50 bits per heavy atom. The van der Waals surface area contributed by atoms with Gasteiger partial charge in [0.2, 0.25) is 0 Å². The van der Waals surface area contributed by atoms with Crippen LogP contribution in [0.4, 0.5) is 0 Å². The third-order valence-electron chi connectivity index (χ3n) is 2.43. The fourth-order valence-corrected chi connectivity index (χ4v) is 6.91. The first-order valence-electron chi connectivity index (χ1n) is 5.75. The average Bonchev–Trinajstić information content (AvgIpc) is 1.98. The second-order valence-electron chi connectivity index (χ2n) is 5.87. The van der Waals surface area contributed by atoms with E-state index in [0.29, 0.717) is 11.0 Å². The molecule has 3 nitrogen and oxygen atoms in total. The zero-order valence-corrected chi connectivity index (χ0v) is 13.3. The van der Waals surface area contributed by atoms with Crippen LogP contribution in [0.3, 0.4) is 0 Å². The SMILES string of the molecule is CC(C)P(=O)(SC(O)C[N+](C)(C)C)C(C)C. The molecule has 0 aliphatic carbocycles. The van der Waals surface area contributed by atoms with Crippen molar-refractivity contribution >= 4 is 17.7 Å². The minimum atomic E-state index is -2.35. The summed E-state index contributed by atoms with van der Waals surface area (Å²) in [5.74, 6) is 0. The molecule has 98 valence electrons. The van der Waals surface area contributed by atoms with Crippen molar-refractivity contribution < 1.29 is 14.2 Å². The van der Waals surface area contributed by atoms with Gasteiger partial charge in [-0.25, -0.2) is 0 Å². The van der Waals surface area contributed by atoms with Gasteiger partial charge in [-0.1, -0.05) is 39.1 Å². The third kappa shape index (κ3) is 5.22. The van der Waals surface area contributed by atoms with Gasteiger partial charge >= 0.3 is 0 Å². The Bertz CT molecular complexity index is 249. The van der Waals surface area contributed by atoms with Gasteiger partial charge in [0.05, 0.1) is 21.1 Å². The quantitative estimate of drug-likeness (QED) is 0.457. The topological polar surface area (TPSA) is 37.3 Å². The van der Waals surface area contributed by atoms with Crippen LogP contribution in [0.2, 0.25) is 0 Å². The summed E-state index contributed by atoms with van der Waals surface area (Å²) in [6.07, 6.45) is -2.35. The first-order valence-corrected chi connectivity index (χ1v) is 9.08. The highest BCUT2D eigenvalue weighted by molar-refractivity contribution is 8.58. The molecule has 0 radical (unpaired) electrons. The first-order chi connectivity index (χ1) is 6.99. The maximum absolute atomic E-state index is 12.7. The lowest BCUT2D eigenvalue weighted by molar-refractivity contribution is -0.871. The van der Waals surface area contributed by atoms with Gasteiger partial charge in [-0.3, -0.25) is 0 Å². The van der Waals surface area contributed by atoms with Crippen molar-refractivity contribution in [2.75, 3.05) is 27.7 Å². The summed E-state index contributed by atoms with van der Waals surface area (Å²) in [6.45, 7) is 8.53. The second-order valence-corrected chi connectivity index (χ2v) is 12.3. The van der Waals surface area contributed by atoms with Crippen molar-refractivity contribution in [1.82, 2.24) is 0 Å². The molecule has 0 amide bonds. The summed E-state index contributed by atoms with van der Waals surface area (Å²) in [7, 11) is 6.08. The smallest absolute Gasteiger partial charge is 0.155 e. The molecule has 0 saturated heterocycles. The fourth-order valence-electron chi connectivity index (χ4n) is 1.53. The molecule has 0 aliphatic heterocycles. The number of aliphatic hydroxyl groups excluding tert-OH is 1. The van der Waals surface area contributed by atoms with Gasteiger partial charge in [0.25, 0.3) is 0 Å². The van der Waals surface area contributed by atoms with Crippen molar-refractivity contribution in [2.45, 2.75) is 44.4 Å². The average molecular weight is 268 g/mol. The van der Waals surface area contributed by atoms with E-state index in [1.54, 1.807) is 0 Å². The van der Waals surface area contributed by atoms with Crippen molar-refractivity contribution in [2.24, 2.45) is 0 Å². The predicted octanol–water partition coefficient (Wildman–Crippen LogP) is 2.84. The van der Waals surface area contributed by atoms with Crippen molar-refractivity contribution in [1.29, 1.82) is 0 Å². The standard InChI is InChI=1S/C11H27NO2PS/c1-9(2)15(14,10(3)4)16-11(13)8-12(5,6)7/h9-11,13H,8H2,1-7H3/q+1. The molecule has 5 heteroatoms. The molecule has 0 aromatic carbocycles. The Morgan fingerprint density at radius 3 is 1.75 bits per heavy atom. The molecule has 0 heterocycles. The van der Waals surface area contributed by atoms with Crippen LogP contribution >= 0.6 is 17.7 Å². The Balaban J connectivity index is 4.61. The second kappa shape index (κ2) is 5.90. The normalized spacial score (nSPS) is 15.9. The van der Waals surface area contributed by atoms with E-state index < -0.39 is 11.8 Å². The van der Waals surface area contributed by atoms with E-state index in [-0.39, 0.29) is 11.3 Å². The first kappa shape index (κ1) is 16.5. The largest absolute Gasteiger partial charge is 0.376 e. The van der Waals surface area contributed by atoms with Crippen LogP contribution in [0.25, 0.3) is 0 Å². The zero-order chi connectivity index (χ0) is 13.1. The Kier molecular flexibility index (Phi) is 6.09. The number of quaternary nitrogens is 1. The summed E-state index contributed by atoms with van der Waals surface area (Å²) >= 11 is 1.29. The predicted molar refractivity (Wildman–Crippen MR) is 74.4 cm³/mol. The Hall–Kier alpha value is 0.500. The van der Waals surface area contributed by atoms with E-state index in [2.05, 4.69) is 0 Å². The van der Waals surface area contributed by atoms with Crippen LogP contribution in [-0.2, 0) is 4.57 Å². The maximum Gasteiger partial charge on any atom is 0.155 e. The molecular weight excluding hydrogens is 241 g/mol. The molecule has 16 heavy (non-hydrogen) atoms. The van der Waals surface area contributed by atoms with Crippen LogP contribution in [0.5, 0.6) is 0 Å². The molecule has 0 fully saturated rings. The highest BCUT2D eigenvalue weighted by Gasteiger charge is 2.35. The lowest BCUT2D eigenvalue weighted by atomic mass is 10.5. The number of aliphatic hydroxyl groups is 1. The highest BCUT2D eigenvalue weighted by Crippen LogP contribution is 2.66. The van der Waals surface area contributed by atoms with E-state index in [9.17, 15) is 9.67 Å². The van der Waals surface area contributed by atoms with Crippen LogP contribution in [0.15, 0.2) is 0 Å². The molecule has 0 spiro atoms. The van der Waals surface area contributed by atoms with Gasteiger partial charge in [-0.2, -0.15) is 0 Å². The number of rotatable bonds is 6. The van der Waals surface area contributed by atoms with Crippen molar-refractivity contribution in [3.8, 4) is 0 Å². The van der Waals surface area contributed by atoms with Gasteiger partial charge in [0, 0.05) is 11.3 Å².